The van der Waals surface area contributed by atoms with Crippen molar-refractivity contribution in [1.82, 2.24) is 4.98 Å². The van der Waals surface area contributed by atoms with Gasteiger partial charge in [-0.2, -0.15) is 0 Å². The maximum atomic E-state index is 6.10. The zero-order chi connectivity index (χ0) is 13.0. The summed E-state index contributed by atoms with van der Waals surface area (Å²) in [7, 11) is 0. The third kappa shape index (κ3) is 3.02. The largest absolute Gasteiger partial charge is 0.474 e. The molecule has 18 heavy (non-hydrogen) atoms. The monoisotopic (exact) mass is 248 g/mol. The van der Waals surface area contributed by atoms with Crippen LogP contribution in [0.2, 0.25) is 0 Å². The highest BCUT2D eigenvalue weighted by atomic mass is 16.5. The van der Waals surface area contributed by atoms with Crippen LogP contribution in [0.1, 0.15) is 50.2 Å². The first kappa shape index (κ1) is 13.3. The Bertz CT molecular complexity index is 392. The Morgan fingerprint density at radius 1 is 1.44 bits per heavy atom. The zero-order valence-electron chi connectivity index (χ0n) is 11.5. The lowest BCUT2D eigenvalue weighted by Gasteiger charge is -2.29. The van der Waals surface area contributed by atoms with E-state index in [2.05, 4.69) is 18.8 Å². The summed E-state index contributed by atoms with van der Waals surface area (Å²) in [5.74, 6) is 1.56. The fourth-order valence-electron chi connectivity index (χ4n) is 2.79. The van der Waals surface area contributed by atoms with Gasteiger partial charge in [-0.15, -0.1) is 0 Å². The first-order chi connectivity index (χ1) is 8.74. The van der Waals surface area contributed by atoms with Crippen LogP contribution in [0.15, 0.2) is 12.3 Å². The number of ether oxygens (including phenoxy) is 1. The smallest absolute Gasteiger partial charge is 0.218 e. The summed E-state index contributed by atoms with van der Waals surface area (Å²) in [5.41, 5.74) is 8.01. The van der Waals surface area contributed by atoms with Gasteiger partial charge in [-0.3, -0.25) is 0 Å². The van der Waals surface area contributed by atoms with E-state index in [1.165, 1.54) is 24.8 Å². The van der Waals surface area contributed by atoms with Gasteiger partial charge < -0.3 is 10.5 Å². The van der Waals surface area contributed by atoms with Crippen LogP contribution in [-0.4, -0.2) is 11.1 Å². The molecule has 0 saturated heterocycles. The first-order valence-corrected chi connectivity index (χ1v) is 7.05. The average Bonchev–Trinajstić information content (AvgIpc) is 2.39. The number of nitrogens with zero attached hydrogens (tertiary/aromatic N) is 1. The molecule has 2 N–H and O–H groups in total. The van der Waals surface area contributed by atoms with Gasteiger partial charge in [-0.1, -0.05) is 19.8 Å². The molecule has 3 heteroatoms. The van der Waals surface area contributed by atoms with Crippen LogP contribution in [0.3, 0.4) is 0 Å². The summed E-state index contributed by atoms with van der Waals surface area (Å²) >= 11 is 0. The second-order valence-electron chi connectivity index (χ2n) is 5.30. The Morgan fingerprint density at radius 2 is 2.28 bits per heavy atom. The molecular weight excluding hydrogens is 224 g/mol. The Kier molecular flexibility index (Phi) is 4.59. The third-order valence-corrected chi connectivity index (χ3v) is 4.04. The number of aryl methyl sites for hydroxylation is 1. The summed E-state index contributed by atoms with van der Waals surface area (Å²) in [5, 5.41) is 0. The minimum Gasteiger partial charge on any atom is -0.474 e. The molecule has 1 aromatic heterocycles. The summed E-state index contributed by atoms with van der Waals surface area (Å²) < 4.78 is 6.10. The minimum absolute atomic E-state index is 0.322. The molecule has 2 rings (SSSR count). The van der Waals surface area contributed by atoms with Crippen molar-refractivity contribution in [2.24, 2.45) is 11.7 Å². The highest BCUT2D eigenvalue weighted by molar-refractivity contribution is 5.33. The predicted molar refractivity (Wildman–Crippen MR) is 73.5 cm³/mol. The van der Waals surface area contributed by atoms with Crippen molar-refractivity contribution in [3.63, 3.8) is 0 Å². The summed E-state index contributed by atoms with van der Waals surface area (Å²) in [6.45, 7) is 4.83. The Labute approximate surface area is 110 Å². The molecule has 2 atom stereocenters. The van der Waals surface area contributed by atoms with E-state index < -0.39 is 0 Å². The van der Waals surface area contributed by atoms with Gasteiger partial charge in [0, 0.05) is 18.3 Å². The lowest BCUT2D eigenvalue weighted by Crippen LogP contribution is -2.26. The van der Waals surface area contributed by atoms with Gasteiger partial charge in [0.1, 0.15) is 6.10 Å². The van der Waals surface area contributed by atoms with E-state index in [0.717, 1.165) is 30.2 Å². The van der Waals surface area contributed by atoms with Gasteiger partial charge in [0.15, 0.2) is 0 Å². The molecule has 1 aromatic rings. The number of nitrogens with two attached hydrogens (primary N) is 1. The van der Waals surface area contributed by atoms with Crippen LogP contribution in [-0.2, 0) is 6.54 Å². The van der Waals surface area contributed by atoms with Gasteiger partial charge >= 0.3 is 0 Å². The van der Waals surface area contributed by atoms with Crippen LogP contribution in [0, 0.1) is 12.8 Å². The summed E-state index contributed by atoms with van der Waals surface area (Å²) in [6, 6.07) is 1.99. The van der Waals surface area contributed by atoms with Crippen molar-refractivity contribution in [3.05, 3.63) is 23.4 Å². The van der Waals surface area contributed by atoms with Crippen LogP contribution >= 0.6 is 0 Å². The van der Waals surface area contributed by atoms with Crippen molar-refractivity contribution in [1.29, 1.82) is 0 Å². The molecule has 3 nitrogen and oxygen atoms in total. The summed E-state index contributed by atoms with van der Waals surface area (Å²) in [4.78, 5) is 4.35. The SMILES string of the molecule is CCC1CCCC(Oc2nccc(C)c2CN)C1. The van der Waals surface area contributed by atoms with E-state index >= 15 is 0 Å². The van der Waals surface area contributed by atoms with Crippen molar-refractivity contribution in [2.75, 3.05) is 0 Å². The van der Waals surface area contributed by atoms with E-state index in [-0.39, 0.29) is 0 Å². The van der Waals surface area contributed by atoms with Gasteiger partial charge in [0.2, 0.25) is 5.88 Å². The maximum absolute atomic E-state index is 6.10. The lowest BCUT2D eigenvalue weighted by atomic mass is 9.85. The molecule has 1 saturated carbocycles. The van der Waals surface area contributed by atoms with Crippen LogP contribution in [0.5, 0.6) is 5.88 Å². The molecule has 0 bridgehead atoms. The standard InChI is InChI=1S/C15H24N2O/c1-3-12-5-4-6-13(9-12)18-15-14(10-16)11(2)7-8-17-15/h7-8,12-13H,3-6,9-10,16H2,1-2H3. The van der Waals surface area contributed by atoms with Gasteiger partial charge in [0.25, 0.3) is 0 Å². The molecule has 0 aromatic carbocycles. The molecular formula is C15H24N2O. The summed E-state index contributed by atoms with van der Waals surface area (Å²) in [6.07, 6.45) is 8.32. The molecule has 1 aliphatic carbocycles. The fourth-order valence-corrected chi connectivity index (χ4v) is 2.79. The molecule has 1 aliphatic rings. The first-order valence-electron chi connectivity index (χ1n) is 7.05. The van der Waals surface area contributed by atoms with E-state index in [1.54, 1.807) is 0 Å². The number of aromatic nitrogens is 1. The molecule has 1 fully saturated rings. The second kappa shape index (κ2) is 6.19. The van der Waals surface area contributed by atoms with Crippen LogP contribution in [0.25, 0.3) is 0 Å². The average molecular weight is 248 g/mol. The topological polar surface area (TPSA) is 48.1 Å². The molecule has 2 unspecified atom stereocenters. The number of pyridine rings is 1. The Morgan fingerprint density at radius 3 is 3.00 bits per heavy atom. The van der Waals surface area contributed by atoms with Crippen molar-refractivity contribution >= 4 is 0 Å². The van der Waals surface area contributed by atoms with Gasteiger partial charge in [-0.25, -0.2) is 4.98 Å². The Hall–Kier alpha value is -1.09. The fraction of sp³-hybridized carbons (Fsp3) is 0.667. The van der Waals surface area contributed by atoms with Crippen LogP contribution < -0.4 is 10.5 Å². The van der Waals surface area contributed by atoms with E-state index in [1.807, 2.05) is 12.3 Å². The predicted octanol–water partition coefficient (Wildman–Crippen LogP) is 3.20. The van der Waals surface area contributed by atoms with Crippen molar-refractivity contribution < 1.29 is 4.74 Å². The van der Waals surface area contributed by atoms with Crippen LogP contribution in [0.4, 0.5) is 0 Å². The molecule has 0 spiro atoms. The highest BCUT2D eigenvalue weighted by Gasteiger charge is 2.23. The van der Waals surface area contributed by atoms with Gasteiger partial charge in [0.05, 0.1) is 0 Å². The molecule has 0 aliphatic heterocycles. The molecule has 1 heterocycles. The molecule has 100 valence electrons. The van der Waals surface area contributed by atoms with E-state index in [4.69, 9.17) is 10.5 Å². The van der Waals surface area contributed by atoms with E-state index in [9.17, 15) is 0 Å². The van der Waals surface area contributed by atoms with Crippen molar-refractivity contribution in [3.8, 4) is 5.88 Å². The number of hydrogen-bond acceptors (Lipinski definition) is 3. The maximum Gasteiger partial charge on any atom is 0.218 e. The second-order valence-corrected chi connectivity index (χ2v) is 5.30. The van der Waals surface area contributed by atoms with Gasteiger partial charge in [-0.05, 0) is 43.7 Å². The number of hydrogen-bond donors (Lipinski definition) is 1. The normalized spacial score (nSPS) is 23.9. The zero-order valence-corrected chi connectivity index (χ0v) is 11.5. The number of rotatable bonds is 4. The third-order valence-electron chi connectivity index (χ3n) is 4.04. The lowest BCUT2D eigenvalue weighted by molar-refractivity contribution is 0.116. The van der Waals surface area contributed by atoms with Crippen molar-refractivity contribution in [2.45, 2.75) is 58.6 Å². The molecule has 0 amide bonds. The minimum atomic E-state index is 0.322. The Balaban J connectivity index is 2.07. The highest BCUT2D eigenvalue weighted by Crippen LogP contribution is 2.30. The molecule has 0 radical (unpaired) electrons. The quantitative estimate of drug-likeness (QED) is 0.890. The van der Waals surface area contributed by atoms with E-state index in [0.29, 0.717) is 12.6 Å².